The summed E-state index contributed by atoms with van der Waals surface area (Å²) in [5.41, 5.74) is 1.45. The fourth-order valence-corrected chi connectivity index (χ4v) is 3.53. The number of alkyl halides is 1. The van der Waals surface area contributed by atoms with Crippen LogP contribution in [0.25, 0.3) is 0 Å². The van der Waals surface area contributed by atoms with Crippen molar-refractivity contribution in [3.63, 3.8) is 0 Å². The molecule has 0 nitrogen and oxygen atoms in total. The summed E-state index contributed by atoms with van der Waals surface area (Å²) in [4.78, 5) is 0.721. The standard InChI is InChI=1S/C14H18Br2/c15-13-8-5-11(6-9-13)7-10-14(16)12-3-1-2-4-12/h5-6,8-9,12,14H,1-4,7,10H2. The normalized spacial score (nSPS) is 18.9. The highest BCUT2D eigenvalue weighted by atomic mass is 79.9. The van der Waals surface area contributed by atoms with E-state index in [1.807, 2.05) is 0 Å². The zero-order valence-corrected chi connectivity index (χ0v) is 12.6. The molecule has 1 aliphatic carbocycles. The molecular formula is C14H18Br2. The number of hydrogen-bond acceptors (Lipinski definition) is 0. The van der Waals surface area contributed by atoms with E-state index in [2.05, 4.69) is 56.1 Å². The fourth-order valence-electron chi connectivity index (χ4n) is 2.51. The van der Waals surface area contributed by atoms with Gasteiger partial charge in [-0.15, -0.1) is 0 Å². The summed E-state index contributed by atoms with van der Waals surface area (Å²) in [6.07, 6.45) is 8.19. The summed E-state index contributed by atoms with van der Waals surface area (Å²) in [5.74, 6) is 0.926. The van der Waals surface area contributed by atoms with Crippen molar-refractivity contribution >= 4 is 31.9 Å². The highest BCUT2D eigenvalue weighted by Crippen LogP contribution is 2.33. The molecule has 0 radical (unpaired) electrons. The van der Waals surface area contributed by atoms with E-state index in [0.717, 1.165) is 10.7 Å². The third kappa shape index (κ3) is 3.59. The van der Waals surface area contributed by atoms with Crippen LogP contribution >= 0.6 is 31.9 Å². The molecule has 1 atom stereocenters. The number of rotatable bonds is 4. The first-order chi connectivity index (χ1) is 7.75. The second-order valence-corrected chi connectivity index (χ2v) is 6.82. The fraction of sp³-hybridized carbons (Fsp3) is 0.571. The number of halogens is 2. The second kappa shape index (κ2) is 6.20. The molecule has 0 heterocycles. The minimum absolute atomic E-state index is 0.721. The Morgan fingerprint density at radius 2 is 1.75 bits per heavy atom. The van der Waals surface area contributed by atoms with Gasteiger partial charge in [-0.1, -0.05) is 56.8 Å². The van der Waals surface area contributed by atoms with Crippen LogP contribution in [0.4, 0.5) is 0 Å². The monoisotopic (exact) mass is 344 g/mol. The summed E-state index contributed by atoms with van der Waals surface area (Å²) in [6, 6.07) is 8.71. The third-order valence-corrected chi connectivity index (χ3v) is 5.27. The molecule has 16 heavy (non-hydrogen) atoms. The number of aryl methyl sites for hydroxylation is 1. The minimum Gasteiger partial charge on any atom is -0.0888 e. The molecule has 0 bridgehead atoms. The number of hydrogen-bond donors (Lipinski definition) is 0. The smallest absolute Gasteiger partial charge is 0.0177 e. The molecule has 0 N–H and O–H groups in total. The molecule has 0 spiro atoms. The highest BCUT2D eigenvalue weighted by Gasteiger charge is 2.22. The molecular weight excluding hydrogens is 328 g/mol. The first-order valence-corrected chi connectivity index (χ1v) is 7.85. The van der Waals surface area contributed by atoms with Crippen molar-refractivity contribution in [1.29, 1.82) is 0 Å². The Kier molecular flexibility index (Phi) is 4.90. The molecule has 1 aliphatic rings. The van der Waals surface area contributed by atoms with Crippen molar-refractivity contribution in [2.24, 2.45) is 5.92 Å². The summed E-state index contributed by atoms with van der Waals surface area (Å²) < 4.78 is 1.17. The van der Waals surface area contributed by atoms with Gasteiger partial charge in [0.1, 0.15) is 0 Å². The highest BCUT2D eigenvalue weighted by molar-refractivity contribution is 9.10. The van der Waals surface area contributed by atoms with E-state index in [0.29, 0.717) is 0 Å². The summed E-state index contributed by atoms with van der Waals surface area (Å²) in [6.45, 7) is 0. The van der Waals surface area contributed by atoms with E-state index in [-0.39, 0.29) is 0 Å². The molecule has 1 saturated carbocycles. The predicted molar refractivity (Wildman–Crippen MR) is 77.1 cm³/mol. The lowest BCUT2D eigenvalue weighted by Gasteiger charge is -2.16. The van der Waals surface area contributed by atoms with E-state index in [1.54, 1.807) is 0 Å². The average molecular weight is 346 g/mol. The Bertz CT molecular complexity index is 312. The maximum Gasteiger partial charge on any atom is 0.0177 e. The zero-order chi connectivity index (χ0) is 11.4. The Labute approximate surface area is 115 Å². The third-order valence-electron chi connectivity index (χ3n) is 3.53. The van der Waals surface area contributed by atoms with Crippen LogP contribution in [0.15, 0.2) is 28.7 Å². The van der Waals surface area contributed by atoms with Crippen LogP contribution in [-0.2, 0) is 6.42 Å². The molecule has 2 heteroatoms. The van der Waals surface area contributed by atoms with Gasteiger partial charge in [0.25, 0.3) is 0 Å². The van der Waals surface area contributed by atoms with Crippen molar-refractivity contribution in [2.45, 2.75) is 43.4 Å². The molecule has 1 aromatic carbocycles. The second-order valence-electron chi connectivity index (χ2n) is 4.73. The lowest BCUT2D eigenvalue weighted by Crippen LogP contribution is -2.11. The Hall–Kier alpha value is 0.180. The van der Waals surface area contributed by atoms with Crippen LogP contribution in [0.3, 0.4) is 0 Å². The first kappa shape index (κ1) is 12.6. The summed E-state index contributed by atoms with van der Waals surface area (Å²) in [7, 11) is 0. The van der Waals surface area contributed by atoms with Crippen LogP contribution in [0.5, 0.6) is 0 Å². The van der Waals surface area contributed by atoms with Crippen LogP contribution in [-0.4, -0.2) is 4.83 Å². The van der Waals surface area contributed by atoms with Crippen LogP contribution in [0.2, 0.25) is 0 Å². The maximum atomic E-state index is 3.87. The van der Waals surface area contributed by atoms with Gasteiger partial charge in [-0.25, -0.2) is 0 Å². The van der Waals surface area contributed by atoms with Crippen molar-refractivity contribution < 1.29 is 0 Å². The lowest BCUT2D eigenvalue weighted by molar-refractivity contribution is 0.506. The van der Waals surface area contributed by atoms with Crippen molar-refractivity contribution in [3.05, 3.63) is 34.3 Å². The van der Waals surface area contributed by atoms with Gasteiger partial charge in [-0.05, 0) is 49.3 Å². The van der Waals surface area contributed by atoms with Gasteiger partial charge in [0.2, 0.25) is 0 Å². The van der Waals surface area contributed by atoms with Gasteiger partial charge in [-0.3, -0.25) is 0 Å². The van der Waals surface area contributed by atoms with E-state index in [4.69, 9.17) is 0 Å². The lowest BCUT2D eigenvalue weighted by atomic mass is 9.98. The topological polar surface area (TPSA) is 0 Å². The molecule has 1 aromatic rings. The van der Waals surface area contributed by atoms with Crippen molar-refractivity contribution in [2.75, 3.05) is 0 Å². The van der Waals surface area contributed by atoms with Gasteiger partial charge in [0.05, 0.1) is 0 Å². The average Bonchev–Trinajstić information content (AvgIpc) is 2.81. The molecule has 0 aliphatic heterocycles. The van der Waals surface area contributed by atoms with E-state index in [9.17, 15) is 0 Å². The molecule has 1 unspecified atom stereocenters. The van der Waals surface area contributed by atoms with E-state index >= 15 is 0 Å². The molecule has 2 rings (SSSR count). The van der Waals surface area contributed by atoms with Crippen molar-refractivity contribution in [1.82, 2.24) is 0 Å². The summed E-state index contributed by atoms with van der Waals surface area (Å²) >= 11 is 7.34. The van der Waals surface area contributed by atoms with Gasteiger partial charge in [0, 0.05) is 9.30 Å². The SMILES string of the molecule is Brc1ccc(CCC(Br)C2CCCC2)cc1. The molecule has 0 saturated heterocycles. The quantitative estimate of drug-likeness (QED) is 0.646. The number of benzene rings is 1. The Morgan fingerprint density at radius 3 is 2.38 bits per heavy atom. The Balaban J connectivity index is 1.80. The maximum absolute atomic E-state index is 3.87. The van der Waals surface area contributed by atoms with Crippen LogP contribution in [0.1, 0.15) is 37.7 Å². The first-order valence-electron chi connectivity index (χ1n) is 6.14. The van der Waals surface area contributed by atoms with Gasteiger partial charge >= 0.3 is 0 Å². The van der Waals surface area contributed by atoms with Gasteiger partial charge in [0.15, 0.2) is 0 Å². The molecule has 1 fully saturated rings. The van der Waals surface area contributed by atoms with Gasteiger partial charge in [-0.2, -0.15) is 0 Å². The van der Waals surface area contributed by atoms with Crippen LogP contribution < -0.4 is 0 Å². The predicted octanol–water partition coefficient (Wildman–Crippen LogP) is 5.34. The minimum atomic E-state index is 0.721. The van der Waals surface area contributed by atoms with Crippen LogP contribution in [0, 0.1) is 5.92 Å². The van der Waals surface area contributed by atoms with E-state index in [1.165, 1.54) is 48.6 Å². The largest absolute Gasteiger partial charge is 0.0888 e. The van der Waals surface area contributed by atoms with Gasteiger partial charge < -0.3 is 0 Å². The Morgan fingerprint density at radius 1 is 1.12 bits per heavy atom. The molecule has 0 amide bonds. The molecule has 88 valence electrons. The summed E-state index contributed by atoms with van der Waals surface area (Å²) in [5, 5.41) is 0. The van der Waals surface area contributed by atoms with E-state index < -0.39 is 0 Å². The zero-order valence-electron chi connectivity index (χ0n) is 9.46. The molecule has 0 aromatic heterocycles. The van der Waals surface area contributed by atoms with Crippen molar-refractivity contribution in [3.8, 4) is 0 Å².